The van der Waals surface area contributed by atoms with Gasteiger partial charge in [-0.15, -0.1) is 0 Å². The van der Waals surface area contributed by atoms with Gasteiger partial charge < -0.3 is 10.6 Å². The zero-order valence-corrected chi connectivity index (χ0v) is 9.63. The van der Waals surface area contributed by atoms with Crippen LogP contribution >= 0.6 is 11.6 Å². The first-order valence-corrected chi connectivity index (χ1v) is 5.92. The molecule has 1 aliphatic heterocycles. The van der Waals surface area contributed by atoms with Crippen LogP contribution in [0.15, 0.2) is 18.2 Å². The molecule has 1 saturated heterocycles. The maximum absolute atomic E-state index is 6.04. The normalized spacial score (nSPS) is 16.0. The molecule has 1 heterocycles. The van der Waals surface area contributed by atoms with Gasteiger partial charge in [-0.25, -0.2) is 0 Å². The minimum atomic E-state index is 0.697. The Morgan fingerprint density at radius 3 is 2.67 bits per heavy atom. The van der Waals surface area contributed by atoms with Crippen LogP contribution in [0, 0.1) is 0 Å². The molecule has 3 heteroatoms. The lowest BCUT2D eigenvalue weighted by Gasteiger charge is -2.21. The molecule has 0 aromatic heterocycles. The van der Waals surface area contributed by atoms with Gasteiger partial charge in [-0.3, -0.25) is 0 Å². The van der Waals surface area contributed by atoms with Gasteiger partial charge in [0.2, 0.25) is 0 Å². The maximum atomic E-state index is 6.04. The molecule has 0 unspecified atom stereocenters. The lowest BCUT2D eigenvalue weighted by molar-refractivity contribution is 0.918. The SMILES string of the molecule is NCCc1ccc(Cl)cc1N1CCCC1. The smallest absolute Gasteiger partial charge is 0.0426 e. The van der Waals surface area contributed by atoms with E-state index in [4.69, 9.17) is 17.3 Å². The maximum Gasteiger partial charge on any atom is 0.0426 e. The van der Waals surface area contributed by atoms with Crippen LogP contribution in [0.25, 0.3) is 0 Å². The molecule has 0 saturated carbocycles. The summed E-state index contributed by atoms with van der Waals surface area (Å²) in [6, 6.07) is 6.12. The highest BCUT2D eigenvalue weighted by atomic mass is 35.5. The highest BCUT2D eigenvalue weighted by molar-refractivity contribution is 6.30. The summed E-state index contributed by atoms with van der Waals surface area (Å²) in [5.41, 5.74) is 8.22. The molecular formula is C12H17ClN2. The second kappa shape index (κ2) is 4.86. The molecule has 2 nitrogen and oxygen atoms in total. The van der Waals surface area contributed by atoms with Crippen LogP contribution in [-0.2, 0) is 6.42 Å². The summed E-state index contributed by atoms with van der Waals surface area (Å²) in [7, 11) is 0. The third-order valence-electron chi connectivity index (χ3n) is 2.91. The van der Waals surface area contributed by atoms with Gasteiger partial charge in [0.15, 0.2) is 0 Å². The van der Waals surface area contributed by atoms with Gasteiger partial charge in [0.1, 0.15) is 0 Å². The molecule has 82 valence electrons. The molecule has 1 aromatic rings. The highest BCUT2D eigenvalue weighted by Crippen LogP contribution is 2.28. The Morgan fingerprint density at radius 2 is 2.00 bits per heavy atom. The fourth-order valence-electron chi connectivity index (χ4n) is 2.16. The van der Waals surface area contributed by atoms with Gasteiger partial charge in [-0.1, -0.05) is 17.7 Å². The Hall–Kier alpha value is -0.730. The molecule has 2 rings (SSSR count). The van der Waals surface area contributed by atoms with Crippen molar-refractivity contribution in [2.75, 3.05) is 24.5 Å². The number of nitrogens with zero attached hydrogens (tertiary/aromatic N) is 1. The lowest BCUT2D eigenvalue weighted by Crippen LogP contribution is -2.20. The zero-order valence-electron chi connectivity index (χ0n) is 8.88. The average molecular weight is 225 g/mol. The topological polar surface area (TPSA) is 29.3 Å². The van der Waals surface area contributed by atoms with E-state index in [-0.39, 0.29) is 0 Å². The van der Waals surface area contributed by atoms with E-state index in [0.29, 0.717) is 6.54 Å². The Balaban J connectivity index is 2.28. The molecule has 0 bridgehead atoms. The van der Waals surface area contributed by atoms with Crippen LogP contribution in [-0.4, -0.2) is 19.6 Å². The van der Waals surface area contributed by atoms with Crippen molar-refractivity contribution in [2.24, 2.45) is 5.73 Å². The minimum absolute atomic E-state index is 0.697. The Bertz CT molecular complexity index is 332. The molecule has 0 amide bonds. The van der Waals surface area contributed by atoms with Gasteiger partial charge in [0.25, 0.3) is 0 Å². The number of rotatable bonds is 3. The van der Waals surface area contributed by atoms with Crippen LogP contribution in [0.4, 0.5) is 5.69 Å². The molecule has 1 fully saturated rings. The zero-order chi connectivity index (χ0) is 10.7. The van der Waals surface area contributed by atoms with Crippen LogP contribution in [0.3, 0.4) is 0 Å². The van der Waals surface area contributed by atoms with E-state index in [1.165, 1.54) is 24.1 Å². The third kappa shape index (κ3) is 2.44. The summed E-state index contributed by atoms with van der Waals surface area (Å²) in [5, 5.41) is 0.817. The molecule has 1 aromatic carbocycles. The average Bonchev–Trinajstić information content (AvgIpc) is 2.74. The van der Waals surface area contributed by atoms with E-state index >= 15 is 0 Å². The number of hydrogen-bond donors (Lipinski definition) is 1. The van der Waals surface area contributed by atoms with Crippen molar-refractivity contribution in [3.63, 3.8) is 0 Å². The van der Waals surface area contributed by atoms with E-state index in [1.807, 2.05) is 6.07 Å². The van der Waals surface area contributed by atoms with Crippen molar-refractivity contribution in [1.29, 1.82) is 0 Å². The van der Waals surface area contributed by atoms with Gasteiger partial charge in [-0.2, -0.15) is 0 Å². The van der Waals surface area contributed by atoms with Gasteiger partial charge in [0, 0.05) is 23.8 Å². The quantitative estimate of drug-likeness (QED) is 0.855. The first-order valence-electron chi connectivity index (χ1n) is 5.54. The Morgan fingerprint density at radius 1 is 1.27 bits per heavy atom. The van der Waals surface area contributed by atoms with Gasteiger partial charge in [0.05, 0.1) is 0 Å². The second-order valence-electron chi connectivity index (χ2n) is 4.01. The standard InChI is InChI=1S/C12H17ClN2/c13-11-4-3-10(5-6-14)12(9-11)15-7-1-2-8-15/h3-4,9H,1-2,5-8,14H2. The van der Waals surface area contributed by atoms with Gasteiger partial charge >= 0.3 is 0 Å². The van der Waals surface area contributed by atoms with Crippen molar-refractivity contribution >= 4 is 17.3 Å². The summed E-state index contributed by atoms with van der Waals surface area (Å²) in [4.78, 5) is 2.41. The van der Waals surface area contributed by atoms with Crippen LogP contribution < -0.4 is 10.6 Å². The Labute approximate surface area is 96.0 Å². The van der Waals surface area contributed by atoms with Crippen molar-refractivity contribution in [3.05, 3.63) is 28.8 Å². The van der Waals surface area contributed by atoms with Crippen LogP contribution in [0.2, 0.25) is 5.02 Å². The van der Waals surface area contributed by atoms with E-state index < -0.39 is 0 Å². The number of nitrogens with two attached hydrogens (primary N) is 1. The summed E-state index contributed by atoms with van der Waals surface area (Å²) < 4.78 is 0. The van der Waals surface area contributed by atoms with Gasteiger partial charge in [-0.05, 0) is 43.5 Å². The van der Waals surface area contributed by atoms with Crippen LogP contribution in [0.1, 0.15) is 18.4 Å². The summed E-state index contributed by atoms with van der Waals surface area (Å²) in [6.07, 6.45) is 3.51. The first-order chi connectivity index (χ1) is 7.31. The monoisotopic (exact) mass is 224 g/mol. The van der Waals surface area contributed by atoms with E-state index in [1.54, 1.807) is 0 Å². The van der Waals surface area contributed by atoms with Crippen molar-refractivity contribution in [2.45, 2.75) is 19.3 Å². The van der Waals surface area contributed by atoms with Crippen molar-refractivity contribution in [3.8, 4) is 0 Å². The molecule has 2 N–H and O–H groups in total. The molecular weight excluding hydrogens is 208 g/mol. The number of halogens is 1. The molecule has 15 heavy (non-hydrogen) atoms. The Kier molecular flexibility index (Phi) is 3.49. The number of anilines is 1. The highest BCUT2D eigenvalue weighted by Gasteiger charge is 2.15. The lowest BCUT2D eigenvalue weighted by atomic mass is 10.1. The van der Waals surface area contributed by atoms with E-state index in [2.05, 4.69) is 17.0 Å². The summed E-state index contributed by atoms with van der Waals surface area (Å²) in [5.74, 6) is 0. The van der Waals surface area contributed by atoms with Crippen LogP contribution in [0.5, 0.6) is 0 Å². The molecule has 0 atom stereocenters. The third-order valence-corrected chi connectivity index (χ3v) is 3.14. The molecule has 0 aliphatic carbocycles. The summed E-state index contributed by atoms with van der Waals surface area (Å²) in [6.45, 7) is 3.00. The minimum Gasteiger partial charge on any atom is -0.371 e. The van der Waals surface area contributed by atoms with Crippen molar-refractivity contribution < 1.29 is 0 Å². The fourth-order valence-corrected chi connectivity index (χ4v) is 2.32. The summed E-state index contributed by atoms with van der Waals surface area (Å²) >= 11 is 6.04. The van der Waals surface area contributed by atoms with E-state index in [9.17, 15) is 0 Å². The molecule has 0 radical (unpaired) electrons. The number of hydrogen-bond acceptors (Lipinski definition) is 2. The van der Waals surface area contributed by atoms with E-state index in [0.717, 1.165) is 24.5 Å². The fraction of sp³-hybridized carbons (Fsp3) is 0.500. The number of benzene rings is 1. The predicted molar refractivity (Wildman–Crippen MR) is 65.7 cm³/mol. The second-order valence-corrected chi connectivity index (χ2v) is 4.44. The molecule has 0 spiro atoms. The largest absolute Gasteiger partial charge is 0.371 e. The predicted octanol–water partition coefficient (Wildman–Crippen LogP) is 2.44. The first kappa shape index (κ1) is 10.8. The van der Waals surface area contributed by atoms with Crippen molar-refractivity contribution in [1.82, 2.24) is 0 Å². The molecule has 1 aliphatic rings.